The largest absolute Gasteiger partial charge is 0.506 e. The minimum atomic E-state index is -1.23. The van der Waals surface area contributed by atoms with Crippen LogP contribution in [0.3, 0.4) is 0 Å². The molecule has 0 aliphatic carbocycles. The van der Waals surface area contributed by atoms with E-state index in [2.05, 4.69) is 24.8 Å². The molecule has 1 aliphatic rings. The number of hydrogen-bond acceptors (Lipinski definition) is 6. The molecule has 0 amide bonds. The van der Waals surface area contributed by atoms with Gasteiger partial charge in [-0.05, 0) is 25.8 Å². The molecule has 1 saturated heterocycles. The maximum Gasteiger partial charge on any atom is 0.506 e. The predicted octanol–water partition coefficient (Wildman–Crippen LogP) is 2.48. The van der Waals surface area contributed by atoms with Gasteiger partial charge in [-0.1, -0.05) is 0 Å². The van der Waals surface area contributed by atoms with Crippen molar-refractivity contribution in [2.24, 2.45) is 0 Å². The molecular weight excluding hydrogens is 310 g/mol. The zero-order chi connectivity index (χ0) is 16.7. The van der Waals surface area contributed by atoms with Gasteiger partial charge in [-0.15, -0.1) is 0 Å². The molecule has 4 heterocycles. The molecule has 8 nitrogen and oxygen atoms in total. The van der Waals surface area contributed by atoms with Crippen molar-refractivity contribution in [3.8, 4) is 0 Å². The average Bonchev–Trinajstić information content (AvgIpc) is 3.02. The first-order chi connectivity index (χ1) is 11.6. The third-order valence-corrected chi connectivity index (χ3v) is 4.29. The monoisotopic (exact) mass is 327 g/mol. The normalized spacial score (nSPS) is 18.2. The quantitative estimate of drug-likeness (QED) is 0.697. The number of carboxylic acid groups (broad SMARTS) is 1. The van der Waals surface area contributed by atoms with Crippen LogP contribution in [0.5, 0.6) is 0 Å². The van der Waals surface area contributed by atoms with E-state index in [1.165, 1.54) is 0 Å². The van der Waals surface area contributed by atoms with Crippen LogP contribution < -0.4 is 4.90 Å². The van der Waals surface area contributed by atoms with E-state index in [-0.39, 0.29) is 6.10 Å². The Kier molecular flexibility index (Phi) is 3.44. The van der Waals surface area contributed by atoms with Gasteiger partial charge in [0.1, 0.15) is 23.4 Å². The van der Waals surface area contributed by atoms with Gasteiger partial charge in [-0.3, -0.25) is 0 Å². The van der Waals surface area contributed by atoms with Gasteiger partial charge in [0, 0.05) is 18.1 Å². The van der Waals surface area contributed by atoms with Crippen LogP contribution >= 0.6 is 0 Å². The molecule has 1 atom stereocenters. The molecule has 4 rings (SSSR count). The molecule has 2 N–H and O–H groups in total. The number of aryl methyl sites for hydroxylation is 1. The Morgan fingerprint density at radius 2 is 2.33 bits per heavy atom. The first-order valence-electron chi connectivity index (χ1n) is 7.87. The smallest absolute Gasteiger partial charge is 0.450 e. The van der Waals surface area contributed by atoms with Crippen LogP contribution in [0, 0.1) is 6.92 Å². The third-order valence-electron chi connectivity index (χ3n) is 4.29. The van der Waals surface area contributed by atoms with Gasteiger partial charge in [0.25, 0.3) is 0 Å². The number of rotatable bonds is 2. The van der Waals surface area contributed by atoms with Crippen molar-refractivity contribution in [2.45, 2.75) is 25.9 Å². The average molecular weight is 327 g/mol. The Morgan fingerprint density at radius 1 is 1.46 bits per heavy atom. The van der Waals surface area contributed by atoms with Crippen LogP contribution in [-0.2, 0) is 4.74 Å². The number of piperidine rings is 1. The second-order valence-corrected chi connectivity index (χ2v) is 5.95. The first-order valence-corrected chi connectivity index (χ1v) is 7.87. The lowest BCUT2D eigenvalue weighted by molar-refractivity contribution is 0.0457. The van der Waals surface area contributed by atoms with Crippen LogP contribution in [0.25, 0.3) is 21.9 Å². The summed E-state index contributed by atoms with van der Waals surface area (Å²) in [6, 6.07) is 1.96. The Hall–Kier alpha value is -2.90. The number of aromatic amines is 1. The van der Waals surface area contributed by atoms with Gasteiger partial charge in [-0.2, -0.15) is 0 Å². The van der Waals surface area contributed by atoms with Gasteiger partial charge >= 0.3 is 6.16 Å². The van der Waals surface area contributed by atoms with E-state index in [9.17, 15) is 4.79 Å². The molecule has 0 radical (unpaired) electrons. The van der Waals surface area contributed by atoms with Crippen LogP contribution in [-0.4, -0.2) is 50.4 Å². The SMILES string of the molecule is Cc1nc(N2CCCC(OC(=O)O)C2)c2c(cnc3[nH]ccc32)n1. The molecule has 24 heavy (non-hydrogen) atoms. The number of nitrogens with one attached hydrogen (secondary N) is 1. The van der Waals surface area contributed by atoms with Gasteiger partial charge < -0.3 is 19.7 Å². The number of hydrogen-bond donors (Lipinski definition) is 2. The summed E-state index contributed by atoms with van der Waals surface area (Å²) >= 11 is 0. The number of carbonyl (C=O) groups is 1. The molecule has 0 bridgehead atoms. The second-order valence-electron chi connectivity index (χ2n) is 5.95. The minimum Gasteiger partial charge on any atom is -0.450 e. The summed E-state index contributed by atoms with van der Waals surface area (Å²) in [6.07, 6.45) is 3.58. The number of aromatic nitrogens is 4. The minimum absolute atomic E-state index is 0.342. The summed E-state index contributed by atoms with van der Waals surface area (Å²) in [5.41, 5.74) is 1.57. The van der Waals surface area contributed by atoms with Gasteiger partial charge in [0.15, 0.2) is 0 Å². The van der Waals surface area contributed by atoms with Gasteiger partial charge in [-0.25, -0.2) is 19.7 Å². The van der Waals surface area contributed by atoms with E-state index in [4.69, 9.17) is 9.84 Å². The molecule has 1 fully saturated rings. The third kappa shape index (κ3) is 2.49. The van der Waals surface area contributed by atoms with Crippen LogP contribution in [0.2, 0.25) is 0 Å². The maximum atomic E-state index is 10.8. The zero-order valence-corrected chi connectivity index (χ0v) is 13.2. The number of nitrogens with zero attached hydrogens (tertiary/aromatic N) is 4. The topological polar surface area (TPSA) is 104 Å². The maximum absolute atomic E-state index is 10.8. The molecule has 0 saturated carbocycles. The van der Waals surface area contributed by atoms with Crippen molar-refractivity contribution in [1.82, 2.24) is 19.9 Å². The Morgan fingerprint density at radius 3 is 3.17 bits per heavy atom. The molecule has 8 heteroatoms. The van der Waals surface area contributed by atoms with E-state index in [1.807, 2.05) is 19.2 Å². The van der Waals surface area contributed by atoms with E-state index in [1.54, 1.807) is 6.20 Å². The fourth-order valence-corrected chi connectivity index (χ4v) is 3.32. The highest BCUT2D eigenvalue weighted by atomic mass is 16.7. The van der Waals surface area contributed by atoms with E-state index < -0.39 is 6.16 Å². The van der Waals surface area contributed by atoms with E-state index in [0.29, 0.717) is 12.4 Å². The zero-order valence-electron chi connectivity index (χ0n) is 13.2. The molecule has 0 spiro atoms. The standard InChI is InChI=1S/C16H17N5O3/c1-9-19-12-7-18-14-11(4-5-17-14)13(12)15(20-9)21-6-2-3-10(8-21)24-16(22)23/h4-5,7,10H,2-3,6,8H2,1H3,(H,17,18)(H,22,23). The number of ether oxygens (including phenoxy) is 1. The Labute approximate surface area is 137 Å². The lowest BCUT2D eigenvalue weighted by Gasteiger charge is -2.33. The molecular formula is C16H17N5O3. The first kappa shape index (κ1) is 14.7. The Balaban J connectivity index is 1.83. The molecule has 1 unspecified atom stereocenters. The van der Waals surface area contributed by atoms with Gasteiger partial charge in [0.2, 0.25) is 0 Å². The summed E-state index contributed by atoms with van der Waals surface area (Å²) in [7, 11) is 0. The highest BCUT2D eigenvalue weighted by Crippen LogP contribution is 2.31. The van der Waals surface area contributed by atoms with Crippen molar-refractivity contribution in [1.29, 1.82) is 0 Å². The second kappa shape index (κ2) is 5.63. The number of anilines is 1. The molecule has 0 aromatic carbocycles. The van der Waals surface area contributed by atoms with Crippen LogP contribution in [0.4, 0.5) is 10.6 Å². The van der Waals surface area contributed by atoms with E-state index in [0.717, 1.165) is 47.1 Å². The van der Waals surface area contributed by atoms with Crippen molar-refractivity contribution >= 4 is 33.9 Å². The lowest BCUT2D eigenvalue weighted by Crippen LogP contribution is -2.41. The highest BCUT2D eigenvalue weighted by Gasteiger charge is 2.26. The fraction of sp³-hybridized carbons (Fsp3) is 0.375. The summed E-state index contributed by atoms with van der Waals surface area (Å²) in [6.45, 7) is 3.14. The molecule has 3 aromatic rings. The van der Waals surface area contributed by atoms with Crippen molar-refractivity contribution in [3.05, 3.63) is 24.3 Å². The molecule has 124 valence electrons. The molecule has 3 aromatic heterocycles. The Bertz CT molecular complexity index is 923. The summed E-state index contributed by atoms with van der Waals surface area (Å²) in [5.74, 6) is 1.47. The predicted molar refractivity (Wildman–Crippen MR) is 88.3 cm³/mol. The number of fused-ring (bicyclic) bond motifs is 3. The van der Waals surface area contributed by atoms with Crippen LogP contribution in [0.1, 0.15) is 18.7 Å². The number of H-pyrrole nitrogens is 1. The summed E-state index contributed by atoms with van der Waals surface area (Å²) < 4.78 is 4.97. The van der Waals surface area contributed by atoms with E-state index >= 15 is 0 Å². The summed E-state index contributed by atoms with van der Waals surface area (Å²) in [5, 5.41) is 10.8. The fourth-order valence-electron chi connectivity index (χ4n) is 3.32. The number of pyridine rings is 1. The van der Waals surface area contributed by atoms with Gasteiger partial charge in [0.05, 0.1) is 23.6 Å². The van der Waals surface area contributed by atoms with Crippen molar-refractivity contribution < 1.29 is 14.6 Å². The van der Waals surface area contributed by atoms with Crippen molar-refractivity contribution in [2.75, 3.05) is 18.0 Å². The van der Waals surface area contributed by atoms with Crippen molar-refractivity contribution in [3.63, 3.8) is 0 Å². The molecule has 1 aliphatic heterocycles. The lowest BCUT2D eigenvalue weighted by atomic mass is 10.1. The summed E-state index contributed by atoms with van der Waals surface area (Å²) in [4.78, 5) is 29.5. The highest BCUT2D eigenvalue weighted by molar-refractivity contribution is 6.09. The van der Waals surface area contributed by atoms with Crippen LogP contribution in [0.15, 0.2) is 18.5 Å².